The number of likely N-dealkylation sites (tertiary alicyclic amines) is 1. The highest BCUT2D eigenvalue weighted by Crippen LogP contribution is 2.16. The van der Waals surface area contributed by atoms with Gasteiger partial charge in [0.15, 0.2) is 5.96 Å². The maximum Gasteiger partial charge on any atom is 0.251 e. The molecule has 0 saturated carbocycles. The summed E-state index contributed by atoms with van der Waals surface area (Å²) in [6.45, 7) is 12.2. The van der Waals surface area contributed by atoms with E-state index in [9.17, 15) is 4.79 Å². The highest BCUT2D eigenvalue weighted by molar-refractivity contribution is 5.94. The molecule has 1 fully saturated rings. The third-order valence-electron chi connectivity index (χ3n) is 5.04. The monoisotopic (exact) mass is 358 g/mol. The number of nitrogens with one attached hydrogen (secondary N) is 2. The average molecular weight is 359 g/mol. The van der Waals surface area contributed by atoms with Crippen molar-refractivity contribution < 1.29 is 4.79 Å². The lowest BCUT2D eigenvalue weighted by Gasteiger charge is -2.33. The van der Waals surface area contributed by atoms with Gasteiger partial charge in [-0.25, -0.2) is 4.99 Å². The van der Waals surface area contributed by atoms with Gasteiger partial charge in [0.25, 0.3) is 5.91 Å². The second-order valence-corrected chi connectivity index (χ2v) is 7.32. The minimum Gasteiger partial charge on any atom is -0.357 e. The van der Waals surface area contributed by atoms with Crippen molar-refractivity contribution in [1.29, 1.82) is 0 Å². The van der Waals surface area contributed by atoms with Crippen molar-refractivity contribution in [3.63, 3.8) is 0 Å². The standard InChI is InChI=1S/C21H34N4O/c1-5-17(4)24-20(26)19-9-7-18(8-10-19)15-23-21(22-6-2)25-13-11-16(3)12-14-25/h7-10,16-17H,5-6,11-15H2,1-4H3,(H,22,23)(H,24,26). The molecule has 26 heavy (non-hydrogen) atoms. The van der Waals surface area contributed by atoms with Crippen LogP contribution >= 0.6 is 0 Å². The molecule has 1 aromatic rings. The maximum atomic E-state index is 12.2. The van der Waals surface area contributed by atoms with E-state index in [0.29, 0.717) is 12.1 Å². The largest absolute Gasteiger partial charge is 0.357 e. The molecule has 1 amide bonds. The number of aliphatic imine (C=N–C) groups is 1. The summed E-state index contributed by atoms with van der Waals surface area (Å²) in [5.41, 5.74) is 1.82. The Labute approximate surface area is 158 Å². The summed E-state index contributed by atoms with van der Waals surface area (Å²) < 4.78 is 0. The van der Waals surface area contributed by atoms with Crippen molar-refractivity contribution in [3.05, 3.63) is 35.4 Å². The van der Waals surface area contributed by atoms with E-state index >= 15 is 0 Å². The fourth-order valence-electron chi connectivity index (χ4n) is 2.98. The van der Waals surface area contributed by atoms with E-state index in [0.717, 1.165) is 43.5 Å². The van der Waals surface area contributed by atoms with Crippen molar-refractivity contribution >= 4 is 11.9 Å². The van der Waals surface area contributed by atoms with Crippen molar-refractivity contribution in [2.75, 3.05) is 19.6 Å². The quantitative estimate of drug-likeness (QED) is 0.605. The third-order valence-corrected chi connectivity index (χ3v) is 5.04. The molecule has 1 aliphatic rings. The zero-order valence-electron chi connectivity index (χ0n) is 16.7. The molecule has 1 aromatic carbocycles. The van der Waals surface area contributed by atoms with Crippen LogP contribution in [0.5, 0.6) is 0 Å². The molecule has 0 bridgehead atoms. The summed E-state index contributed by atoms with van der Waals surface area (Å²) in [7, 11) is 0. The fourth-order valence-corrected chi connectivity index (χ4v) is 2.98. The molecule has 1 heterocycles. The predicted molar refractivity (Wildman–Crippen MR) is 108 cm³/mol. The van der Waals surface area contributed by atoms with Crippen molar-refractivity contribution in [1.82, 2.24) is 15.5 Å². The van der Waals surface area contributed by atoms with E-state index in [1.807, 2.05) is 31.2 Å². The molecule has 0 aromatic heterocycles. The van der Waals surface area contributed by atoms with Crippen LogP contribution in [0.4, 0.5) is 0 Å². The molecule has 2 rings (SSSR count). The lowest BCUT2D eigenvalue weighted by molar-refractivity contribution is 0.0939. The van der Waals surface area contributed by atoms with Gasteiger partial charge in [0.05, 0.1) is 6.54 Å². The summed E-state index contributed by atoms with van der Waals surface area (Å²) in [5.74, 6) is 1.80. The summed E-state index contributed by atoms with van der Waals surface area (Å²) in [5, 5.41) is 6.40. The van der Waals surface area contributed by atoms with Crippen LogP contribution in [0.2, 0.25) is 0 Å². The van der Waals surface area contributed by atoms with Crippen LogP contribution in [-0.4, -0.2) is 42.4 Å². The van der Waals surface area contributed by atoms with Gasteiger partial charge in [0.2, 0.25) is 0 Å². The van der Waals surface area contributed by atoms with Gasteiger partial charge in [-0.15, -0.1) is 0 Å². The Hall–Kier alpha value is -2.04. The second kappa shape index (κ2) is 10.2. The number of hydrogen-bond donors (Lipinski definition) is 2. The van der Waals surface area contributed by atoms with E-state index in [2.05, 4.69) is 36.3 Å². The first-order chi connectivity index (χ1) is 12.5. The highest BCUT2D eigenvalue weighted by Gasteiger charge is 2.18. The van der Waals surface area contributed by atoms with Crippen LogP contribution in [0, 0.1) is 5.92 Å². The van der Waals surface area contributed by atoms with E-state index in [1.54, 1.807) is 0 Å². The van der Waals surface area contributed by atoms with Gasteiger partial charge >= 0.3 is 0 Å². The molecular weight excluding hydrogens is 324 g/mol. The summed E-state index contributed by atoms with van der Waals surface area (Å²) in [6.07, 6.45) is 3.38. The second-order valence-electron chi connectivity index (χ2n) is 7.32. The minimum absolute atomic E-state index is 0.00910. The SMILES string of the molecule is CCNC(=NCc1ccc(C(=O)NC(C)CC)cc1)N1CCC(C)CC1. The zero-order valence-corrected chi connectivity index (χ0v) is 16.7. The molecule has 0 spiro atoms. The number of rotatable bonds is 6. The van der Waals surface area contributed by atoms with Crippen LogP contribution in [0.25, 0.3) is 0 Å². The molecule has 5 heteroatoms. The third kappa shape index (κ3) is 6.04. The van der Waals surface area contributed by atoms with Gasteiger partial charge in [-0.3, -0.25) is 4.79 Å². The Kier molecular flexibility index (Phi) is 7.95. The van der Waals surface area contributed by atoms with E-state index in [-0.39, 0.29) is 11.9 Å². The molecule has 5 nitrogen and oxygen atoms in total. The summed E-state index contributed by atoms with van der Waals surface area (Å²) in [4.78, 5) is 19.3. The van der Waals surface area contributed by atoms with E-state index < -0.39 is 0 Å². The molecule has 144 valence electrons. The van der Waals surface area contributed by atoms with E-state index in [1.165, 1.54) is 12.8 Å². The number of carbonyl (C=O) groups excluding carboxylic acids is 1. The molecule has 0 radical (unpaired) electrons. The first-order valence-electron chi connectivity index (χ1n) is 9.96. The zero-order chi connectivity index (χ0) is 18.9. The van der Waals surface area contributed by atoms with Crippen LogP contribution in [-0.2, 0) is 6.54 Å². The van der Waals surface area contributed by atoms with Crippen LogP contribution in [0.3, 0.4) is 0 Å². The van der Waals surface area contributed by atoms with Gasteiger partial charge in [0, 0.05) is 31.2 Å². The van der Waals surface area contributed by atoms with Gasteiger partial charge in [-0.05, 0) is 56.7 Å². The number of benzene rings is 1. The lowest BCUT2D eigenvalue weighted by Crippen LogP contribution is -2.45. The maximum absolute atomic E-state index is 12.2. The molecule has 1 aliphatic heterocycles. The molecule has 0 aliphatic carbocycles. The minimum atomic E-state index is -0.00910. The number of hydrogen-bond acceptors (Lipinski definition) is 2. The number of guanidine groups is 1. The molecule has 1 unspecified atom stereocenters. The number of carbonyl (C=O) groups is 1. The Bertz CT molecular complexity index is 589. The van der Waals surface area contributed by atoms with Crippen LogP contribution < -0.4 is 10.6 Å². The lowest BCUT2D eigenvalue weighted by atomic mass is 10.00. The van der Waals surface area contributed by atoms with E-state index in [4.69, 9.17) is 4.99 Å². The molecule has 1 atom stereocenters. The van der Waals surface area contributed by atoms with Crippen molar-refractivity contribution in [3.8, 4) is 0 Å². The van der Waals surface area contributed by atoms with Crippen molar-refractivity contribution in [2.45, 2.75) is 59.5 Å². The first-order valence-corrected chi connectivity index (χ1v) is 9.96. The Balaban J connectivity index is 1.97. The normalized spacial score (nSPS) is 17.1. The van der Waals surface area contributed by atoms with Gasteiger partial charge in [-0.2, -0.15) is 0 Å². The first kappa shape index (κ1) is 20.3. The predicted octanol–water partition coefficient (Wildman–Crippen LogP) is 3.41. The Morgan fingerprint density at radius 1 is 1.23 bits per heavy atom. The summed E-state index contributed by atoms with van der Waals surface area (Å²) in [6, 6.07) is 7.96. The molecule has 1 saturated heterocycles. The smallest absolute Gasteiger partial charge is 0.251 e. The fraction of sp³-hybridized carbons (Fsp3) is 0.619. The Morgan fingerprint density at radius 2 is 1.88 bits per heavy atom. The van der Waals surface area contributed by atoms with Crippen LogP contribution in [0.1, 0.15) is 62.9 Å². The number of nitrogens with zero attached hydrogens (tertiary/aromatic N) is 2. The van der Waals surface area contributed by atoms with Gasteiger partial charge in [-0.1, -0.05) is 26.0 Å². The highest BCUT2D eigenvalue weighted by atomic mass is 16.1. The van der Waals surface area contributed by atoms with Gasteiger partial charge < -0.3 is 15.5 Å². The van der Waals surface area contributed by atoms with Crippen LogP contribution in [0.15, 0.2) is 29.3 Å². The van der Waals surface area contributed by atoms with Gasteiger partial charge in [0.1, 0.15) is 0 Å². The average Bonchev–Trinajstić information content (AvgIpc) is 2.66. The van der Waals surface area contributed by atoms with Crippen molar-refractivity contribution in [2.24, 2.45) is 10.9 Å². The molecular formula is C21H34N4O. The topological polar surface area (TPSA) is 56.7 Å². The Morgan fingerprint density at radius 3 is 2.46 bits per heavy atom. The summed E-state index contributed by atoms with van der Waals surface area (Å²) >= 11 is 0. The number of amides is 1. The number of piperidine rings is 1. The molecule has 2 N–H and O–H groups in total.